The fourth-order valence-corrected chi connectivity index (χ4v) is 3.99. The summed E-state index contributed by atoms with van der Waals surface area (Å²) in [6.07, 6.45) is 2.31. The number of hydrogen-bond donors (Lipinski definition) is 2. The van der Waals surface area contributed by atoms with E-state index < -0.39 is 0 Å². The van der Waals surface area contributed by atoms with E-state index in [0.29, 0.717) is 5.92 Å². The minimum atomic E-state index is -0.0354. The molecule has 2 N–H and O–H groups in total. The first-order chi connectivity index (χ1) is 9.69. The third-order valence-corrected chi connectivity index (χ3v) is 5.04. The molecule has 1 aromatic heterocycles. The van der Waals surface area contributed by atoms with Crippen molar-refractivity contribution in [3.8, 4) is 0 Å². The second-order valence-electron chi connectivity index (χ2n) is 5.30. The molecule has 1 aliphatic heterocycles. The molecular weight excluding hydrogens is 270 g/mol. The first-order valence-corrected chi connectivity index (χ1v) is 7.84. The van der Waals surface area contributed by atoms with Crippen LogP contribution in [0.5, 0.6) is 0 Å². The molecule has 1 aromatic carbocycles. The molecular formula is C15H19N3OS. The second-order valence-corrected chi connectivity index (χ2v) is 6.36. The van der Waals surface area contributed by atoms with Gasteiger partial charge in [0.25, 0.3) is 5.91 Å². The van der Waals surface area contributed by atoms with Crippen LogP contribution in [0.25, 0.3) is 10.2 Å². The summed E-state index contributed by atoms with van der Waals surface area (Å²) in [5, 5.41) is 7.29. The monoisotopic (exact) mass is 289 g/mol. The molecule has 106 valence electrons. The maximum Gasteiger partial charge on any atom is 0.251 e. The number of thiazole rings is 1. The molecule has 1 amide bonds. The molecule has 0 saturated carbocycles. The summed E-state index contributed by atoms with van der Waals surface area (Å²) in [7, 11) is 1.66. The van der Waals surface area contributed by atoms with Gasteiger partial charge in [-0.15, -0.1) is 11.3 Å². The van der Waals surface area contributed by atoms with Gasteiger partial charge in [-0.05, 0) is 50.6 Å². The Morgan fingerprint density at radius 1 is 1.40 bits per heavy atom. The van der Waals surface area contributed by atoms with Gasteiger partial charge >= 0.3 is 0 Å². The van der Waals surface area contributed by atoms with E-state index in [1.165, 1.54) is 5.01 Å². The highest BCUT2D eigenvalue weighted by Crippen LogP contribution is 2.34. The van der Waals surface area contributed by atoms with Crippen molar-refractivity contribution < 1.29 is 4.79 Å². The van der Waals surface area contributed by atoms with Crippen LogP contribution in [0, 0.1) is 6.92 Å². The van der Waals surface area contributed by atoms with Crippen molar-refractivity contribution in [2.75, 3.05) is 20.1 Å². The van der Waals surface area contributed by atoms with Crippen LogP contribution in [0.15, 0.2) is 12.1 Å². The smallest absolute Gasteiger partial charge is 0.251 e. The Morgan fingerprint density at radius 2 is 2.15 bits per heavy atom. The topological polar surface area (TPSA) is 54.0 Å². The predicted molar refractivity (Wildman–Crippen MR) is 82.6 cm³/mol. The average molecular weight is 289 g/mol. The molecule has 0 bridgehead atoms. The van der Waals surface area contributed by atoms with Crippen molar-refractivity contribution in [1.82, 2.24) is 15.6 Å². The maximum atomic E-state index is 11.8. The molecule has 20 heavy (non-hydrogen) atoms. The zero-order valence-electron chi connectivity index (χ0n) is 11.8. The standard InChI is InChI=1S/C15H19N3OS/c1-9-7-11(14(19)16-2)8-12-13(9)18-15(20-12)10-3-5-17-6-4-10/h7-8,10,17H,3-6H2,1-2H3,(H,16,19). The molecule has 0 radical (unpaired) electrons. The van der Waals surface area contributed by atoms with Crippen molar-refractivity contribution in [2.24, 2.45) is 0 Å². The van der Waals surface area contributed by atoms with Crippen LogP contribution >= 0.6 is 11.3 Å². The van der Waals surface area contributed by atoms with E-state index in [2.05, 4.69) is 10.6 Å². The van der Waals surface area contributed by atoms with Crippen molar-refractivity contribution in [2.45, 2.75) is 25.7 Å². The van der Waals surface area contributed by atoms with Crippen molar-refractivity contribution in [3.05, 3.63) is 28.3 Å². The SMILES string of the molecule is CNC(=O)c1cc(C)c2nc(C3CCNCC3)sc2c1. The molecule has 0 spiro atoms. The third kappa shape index (κ3) is 2.43. The summed E-state index contributed by atoms with van der Waals surface area (Å²) in [5.74, 6) is 0.531. The highest BCUT2D eigenvalue weighted by molar-refractivity contribution is 7.18. The number of nitrogens with one attached hydrogen (secondary N) is 2. The van der Waals surface area contributed by atoms with Gasteiger partial charge in [0.05, 0.1) is 15.2 Å². The Labute approximate surface area is 122 Å². The fraction of sp³-hybridized carbons (Fsp3) is 0.467. The fourth-order valence-electron chi connectivity index (χ4n) is 2.73. The quantitative estimate of drug-likeness (QED) is 0.893. The number of amides is 1. The van der Waals surface area contributed by atoms with Gasteiger partial charge in [-0.25, -0.2) is 4.98 Å². The summed E-state index contributed by atoms with van der Waals surface area (Å²) in [6, 6.07) is 3.89. The number of carbonyl (C=O) groups is 1. The van der Waals surface area contributed by atoms with Crippen molar-refractivity contribution in [1.29, 1.82) is 0 Å². The highest BCUT2D eigenvalue weighted by Gasteiger charge is 2.20. The molecule has 3 rings (SSSR count). The number of aryl methyl sites for hydroxylation is 1. The molecule has 0 unspecified atom stereocenters. The van der Waals surface area contributed by atoms with E-state index >= 15 is 0 Å². The Bertz CT molecular complexity index is 644. The molecule has 0 atom stereocenters. The van der Waals surface area contributed by atoms with Crippen LogP contribution in [0.2, 0.25) is 0 Å². The largest absolute Gasteiger partial charge is 0.355 e. The third-order valence-electron chi connectivity index (χ3n) is 3.88. The molecule has 1 saturated heterocycles. The molecule has 1 fully saturated rings. The van der Waals surface area contributed by atoms with Crippen LogP contribution in [-0.4, -0.2) is 31.0 Å². The van der Waals surface area contributed by atoms with Gasteiger partial charge in [0.15, 0.2) is 0 Å². The summed E-state index contributed by atoms with van der Waals surface area (Å²) in [6.45, 7) is 4.17. The van der Waals surface area contributed by atoms with Gasteiger partial charge in [-0.1, -0.05) is 0 Å². The van der Waals surface area contributed by atoms with E-state index in [1.54, 1.807) is 18.4 Å². The Balaban J connectivity index is 2.01. The lowest BCUT2D eigenvalue weighted by molar-refractivity contribution is 0.0963. The maximum absolute atomic E-state index is 11.8. The van der Waals surface area contributed by atoms with Gasteiger partial charge in [0.1, 0.15) is 0 Å². The highest BCUT2D eigenvalue weighted by atomic mass is 32.1. The first-order valence-electron chi connectivity index (χ1n) is 7.03. The molecule has 4 nitrogen and oxygen atoms in total. The van der Waals surface area contributed by atoms with E-state index in [-0.39, 0.29) is 5.91 Å². The number of benzene rings is 1. The predicted octanol–water partition coefficient (Wildman–Crippen LogP) is 2.43. The molecule has 2 aromatic rings. The minimum absolute atomic E-state index is 0.0354. The van der Waals surface area contributed by atoms with E-state index in [1.807, 2.05) is 19.1 Å². The van der Waals surface area contributed by atoms with Crippen LogP contribution in [0.1, 0.15) is 39.7 Å². The summed E-state index contributed by atoms with van der Waals surface area (Å²) in [5.41, 5.74) is 2.85. The first kappa shape index (κ1) is 13.5. The van der Waals surface area contributed by atoms with Gasteiger partial charge in [-0.2, -0.15) is 0 Å². The van der Waals surface area contributed by atoms with Gasteiger partial charge < -0.3 is 10.6 Å². The van der Waals surface area contributed by atoms with Gasteiger partial charge in [0, 0.05) is 18.5 Å². The summed E-state index contributed by atoms with van der Waals surface area (Å²) < 4.78 is 1.12. The lowest BCUT2D eigenvalue weighted by Crippen LogP contribution is -2.26. The second kappa shape index (κ2) is 5.50. The molecule has 0 aliphatic carbocycles. The van der Waals surface area contributed by atoms with Crippen LogP contribution < -0.4 is 10.6 Å². The van der Waals surface area contributed by atoms with Gasteiger partial charge in [-0.3, -0.25) is 4.79 Å². The Morgan fingerprint density at radius 3 is 2.85 bits per heavy atom. The van der Waals surface area contributed by atoms with Crippen LogP contribution in [0.3, 0.4) is 0 Å². The number of fused-ring (bicyclic) bond motifs is 1. The summed E-state index contributed by atoms with van der Waals surface area (Å²) >= 11 is 1.74. The van der Waals surface area contributed by atoms with Crippen molar-refractivity contribution in [3.63, 3.8) is 0 Å². The summed E-state index contributed by atoms with van der Waals surface area (Å²) in [4.78, 5) is 16.6. The molecule has 2 heterocycles. The van der Waals surface area contributed by atoms with Gasteiger partial charge in [0.2, 0.25) is 0 Å². The zero-order valence-corrected chi connectivity index (χ0v) is 12.6. The molecule has 5 heteroatoms. The lowest BCUT2D eigenvalue weighted by atomic mass is 9.99. The number of carbonyl (C=O) groups excluding carboxylic acids is 1. The van der Waals surface area contributed by atoms with Crippen molar-refractivity contribution >= 4 is 27.5 Å². The van der Waals surface area contributed by atoms with E-state index in [4.69, 9.17) is 4.98 Å². The number of aromatic nitrogens is 1. The number of nitrogens with zero attached hydrogens (tertiary/aromatic N) is 1. The number of rotatable bonds is 2. The lowest BCUT2D eigenvalue weighted by Gasteiger charge is -2.20. The Kier molecular flexibility index (Phi) is 3.72. The average Bonchev–Trinajstić information content (AvgIpc) is 2.92. The minimum Gasteiger partial charge on any atom is -0.355 e. The Hall–Kier alpha value is -1.46. The molecule has 1 aliphatic rings. The zero-order chi connectivity index (χ0) is 14.1. The van der Waals surface area contributed by atoms with E-state index in [9.17, 15) is 4.79 Å². The number of piperidine rings is 1. The van der Waals surface area contributed by atoms with Crippen LogP contribution in [0.4, 0.5) is 0 Å². The number of hydrogen-bond acceptors (Lipinski definition) is 4. The van der Waals surface area contributed by atoms with Crippen LogP contribution in [-0.2, 0) is 0 Å². The normalized spacial score (nSPS) is 16.5. The van der Waals surface area contributed by atoms with E-state index in [0.717, 1.165) is 47.3 Å².